The number of hydrogen-bond acceptors (Lipinski definition) is 6. The third kappa shape index (κ3) is 4.94. The Morgan fingerprint density at radius 1 is 1.14 bits per heavy atom. The molecule has 198 valence electrons. The first-order valence-electron chi connectivity index (χ1n) is 13.5. The van der Waals surface area contributed by atoms with Gasteiger partial charge in [-0.3, -0.25) is 9.69 Å². The molecular formula is C29H36FN3O4. The van der Waals surface area contributed by atoms with Crippen molar-refractivity contribution in [3.05, 3.63) is 53.3 Å². The number of ether oxygens (including phenoxy) is 3. The van der Waals surface area contributed by atoms with Crippen molar-refractivity contribution < 1.29 is 23.4 Å². The molecule has 4 aliphatic heterocycles. The van der Waals surface area contributed by atoms with Crippen LogP contribution < -0.4 is 14.5 Å². The molecule has 4 heterocycles. The number of carbonyl (C=O) groups excluding carboxylic acids is 1. The Balaban J connectivity index is 1.09. The van der Waals surface area contributed by atoms with E-state index < -0.39 is 0 Å². The van der Waals surface area contributed by atoms with E-state index in [9.17, 15) is 4.79 Å². The zero-order chi connectivity index (χ0) is 25.4. The zero-order valence-electron chi connectivity index (χ0n) is 21.6. The van der Waals surface area contributed by atoms with Crippen LogP contribution in [0.1, 0.15) is 35.2 Å². The van der Waals surface area contributed by atoms with Crippen LogP contribution in [0.5, 0.6) is 5.75 Å². The molecule has 4 aliphatic rings. The van der Waals surface area contributed by atoms with Crippen LogP contribution >= 0.6 is 0 Å². The number of likely N-dealkylation sites (tertiary alicyclic amines) is 1. The van der Waals surface area contributed by atoms with E-state index in [-0.39, 0.29) is 23.2 Å². The number of rotatable bonds is 8. The summed E-state index contributed by atoms with van der Waals surface area (Å²) < 4.78 is 32.1. The molecule has 1 amide bonds. The number of halogens is 1. The SMILES string of the molecule is COCCN1CC2(CCN(c3ccc(N4CCc5cc(OC[C@@H]6CCCO6)ccc5C4=O)cc3F)C2)C1. The maximum atomic E-state index is 15.3. The lowest BCUT2D eigenvalue weighted by Crippen LogP contribution is -2.58. The van der Waals surface area contributed by atoms with Gasteiger partial charge in [0.05, 0.1) is 18.4 Å². The minimum Gasteiger partial charge on any atom is -0.491 e. The molecule has 0 aliphatic carbocycles. The van der Waals surface area contributed by atoms with Crippen molar-refractivity contribution in [1.82, 2.24) is 4.90 Å². The molecule has 0 bridgehead atoms. The zero-order valence-corrected chi connectivity index (χ0v) is 21.6. The van der Waals surface area contributed by atoms with Gasteiger partial charge in [-0.1, -0.05) is 0 Å². The average molecular weight is 510 g/mol. The van der Waals surface area contributed by atoms with E-state index in [1.165, 1.54) is 6.07 Å². The van der Waals surface area contributed by atoms with Gasteiger partial charge in [-0.05, 0) is 67.6 Å². The second kappa shape index (κ2) is 10.2. The number of anilines is 2. The second-order valence-electron chi connectivity index (χ2n) is 11.0. The van der Waals surface area contributed by atoms with Gasteiger partial charge in [0.1, 0.15) is 18.2 Å². The largest absolute Gasteiger partial charge is 0.491 e. The van der Waals surface area contributed by atoms with E-state index in [1.807, 2.05) is 30.3 Å². The summed E-state index contributed by atoms with van der Waals surface area (Å²) in [5.41, 5.74) is 3.14. The van der Waals surface area contributed by atoms with Crippen LogP contribution in [0.2, 0.25) is 0 Å². The van der Waals surface area contributed by atoms with Crippen LogP contribution in [-0.2, 0) is 15.9 Å². The summed E-state index contributed by atoms with van der Waals surface area (Å²) in [4.78, 5) is 19.6. The highest BCUT2D eigenvalue weighted by atomic mass is 19.1. The molecule has 2 aromatic carbocycles. The number of benzene rings is 2. The lowest BCUT2D eigenvalue weighted by atomic mass is 9.79. The average Bonchev–Trinajstić information content (AvgIpc) is 3.56. The van der Waals surface area contributed by atoms with Crippen molar-refractivity contribution in [2.75, 3.05) is 76.0 Å². The van der Waals surface area contributed by atoms with Crippen LogP contribution in [0.15, 0.2) is 36.4 Å². The van der Waals surface area contributed by atoms with Crippen LogP contribution in [0.25, 0.3) is 0 Å². The summed E-state index contributed by atoms with van der Waals surface area (Å²) in [6.07, 6.45) is 4.05. The Labute approximate surface area is 218 Å². The van der Waals surface area contributed by atoms with Gasteiger partial charge in [0.25, 0.3) is 5.91 Å². The van der Waals surface area contributed by atoms with E-state index in [0.29, 0.717) is 36.5 Å². The minimum absolute atomic E-state index is 0.0928. The minimum atomic E-state index is -0.262. The Hall–Kier alpha value is -2.68. The predicted molar refractivity (Wildman–Crippen MR) is 140 cm³/mol. The molecule has 6 rings (SSSR count). The normalized spacial score (nSPS) is 23.0. The Morgan fingerprint density at radius 2 is 2.03 bits per heavy atom. The molecule has 3 saturated heterocycles. The molecule has 0 unspecified atom stereocenters. The third-order valence-corrected chi connectivity index (χ3v) is 8.37. The monoisotopic (exact) mass is 509 g/mol. The summed E-state index contributed by atoms with van der Waals surface area (Å²) >= 11 is 0. The molecule has 7 nitrogen and oxygen atoms in total. The highest BCUT2D eigenvalue weighted by molar-refractivity contribution is 6.08. The van der Waals surface area contributed by atoms with Gasteiger partial charge >= 0.3 is 0 Å². The van der Waals surface area contributed by atoms with Gasteiger partial charge in [0.15, 0.2) is 0 Å². The number of fused-ring (bicyclic) bond motifs is 1. The highest BCUT2D eigenvalue weighted by Crippen LogP contribution is 2.42. The van der Waals surface area contributed by atoms with E-state index >= 15 is 4.39 Å². The molecule has 2 aromatic rings. The first kappa shape index (κ1) is 24.6. The molecule has 3 fully saturated rings. The fourth-order valence-corrected chi connectivity index (χ4v) is 6.37. The number of amides is 1. The molecule has 0 radical (unpaired) electrons. The lowest BCUT2D eigenvalue weighted by Gasteiger charge is -2.48. The van der Waals surface area contributed by atoms with E-state index in [1.54, 1.807) is 12.0 Å². The lowest BCUT2D eigenvalue weighted by molar-refractivity contribution is 0.00145. The van der Waals surface area contributed by atoms with Gasteiger partial charge in [-0.2, -0.15) is 0 Å². The number of nitrogens with zero attached hydrogens (tertiary/aromatic N) is 3. The van der Waals surface area contributed by atoms with Crippen molar-refractivity contribution >= 4 is 17.3 Å². The summed E-state index contributed by atoms with van der Waals surface area (Å²) in [6.45, 7) is 7.40. The smallest absolute Gasteiger partial charge is 0.258 e. The predicted octanol–water partition coefficient (Wildman–Crippen LogP) is 3.74. The Kier molecular flexibility index (Phi) is 6.82. The van der Waals surface area contributed by atoms with Crippen molar-refractivity contribution in [2.45, 2.75) is 31.8 Å². The quantitative estimate of drug-likeness (QED) is 0.541. The van der Waals surface area contributed by atoms with Crippen LogP contribution in [-0.4, -0.2) is 83.1 Å². The number of methoxy groups -OCH3 is 1. The van der Waals surface area contributed by atoms with Crippen LogP contribution in [0.3, 0.4) is 0 Å². The molecule has 1 spiro atoms. The van der Waals surface area contributed by atoms with Gasteiger partial charge in [0.2, 0.25) is 0 Å². The molecule has 0 saturated carbocycles. The van der Waals surface area contributed by atoms with Crippen molar-refractivity contribution in [3.63, 3.8) is 0 Å². The Morgan fingerprint density at radius 3 is 2.81 bits per heavy atom. The number of hydrogen-bond donors (Lipinski definition) is 0. The maximum absolute atomic E-state index is 15.3. The van der Waals surface area contributed by atoms with Crippen molar-refractivity contribution in [2.24, 2.45) is 5.41 Å². The standard InChI is InChI=1S/C29H36FN3O4/c1-35-14-12-31-18-29(19-31)9-11-32(20-29)27-7-4-22(16-26(27)30)33-10-8-21-15-23(5-6-25(21)28(33)34)37-17-24-3-2-13-36-24/h4-7,15-16,24H,2-3,8-14,17-20H2,1H3/t24-/m0/s1. The third-order valence-electron chi connectivity index (χ3n) is 8.37. The fourth-order valence-electron chi connectivity index (χ4n) is 6.37. The summed E-state index contributed by atoms with van der Waals surface area (Å²) in [5.74, 6) is 0.411. The summed E-state index contributed by atoms with van der Waals surface area (Å²) in [7, 11) is 1.73. The molecular weight excluding hydrogens is 473 g/mol. The molecule has 8 heteroatoms. The highest BCUT2D eigenvalue weighted by Gasteiger charge is 2.47. The first-order valence-corrected chi connectivity index (χ1v) is 13.5. The Bertz CT molecular complexity index is 1150. The van der Waals surface area contributed by atoms with Gasteiger partial charge < -0.3 is 24.0 Å². The van der Waals surface area contributed by atoms with Gasteiger partial charge in [-0.15, -0.1) is 0 Å². The first-order chi connectivity index (χ1) is 18.0. The van der Waals surface area contributed by atoms with Gasteiger partial charge in [-0.25, -0.2) is 4.39 Å². The summed E-state index contributed by atoms with van der Waals surface area (Å²) in [6, 6.07) is 10.9. The molecule has 1 atom stereocenters. The summed E-state index contributed by atoms with van der Waals surface area (Å²) in [5, 5.41) is 0. The van der Waals surface area contributed by atoms with Crippen molar-refractivity contribution in [1.29, 1.82) is 0 Å². The van der Waals surface area contributed by atoms with Crippen molar-refractivity contribution in [3.8, 4) is 5.75 Å². The molecule has 37 heavy (non-hydrogen) atoms. The van der Waals surface area contributed by atoms with Crippen LogP contribution in [0, 0.1) is 11.2 Å². The van der Waals surface area contributed by atoms with E-state index in [0.717, 1.165) is 76.5 Å². The fraction of sp³-hybridized carbons (Fsp3) is 0.552. The van der Waals surface area contributed by atoms with Gasteiger partial charge in [0, 0.05) is 69.7 Å². The topological polar surface area (TPSA) is 54.5 Å². The van der Waals surface area contributed by atoms with E-state index in [4.69, 9.17) is 14.2 Å². The second-order valence-corrected chi connectivity index (χ2v) is 11.0. The maximum Gasteiger partial charge on any atom is 0.258 e. The van der Waals surface area contributed by atoms with E-state index in [2.05, 4.69) is 9.80 Å². The van der Waals surface area contributed by atoms with Crippen LogP contribution in [0.4, 0.5) is 15.8 Å². The number of carbonyl (C=O) groups is 1. The molecule has 0 aromatic heterocycles. The molecule has 0 N–H and O–H groups in total.